The van der Waals surface area contributed by atoms with Crippen molar-refractivity contribution in [2.45, 2.75) is 31.3 Å². The van der Waals surface area contributed by atoms with Crippen LogP contribution in [-0.4, -0.2) is 50.3 Å². The lowest BCUT2D eigenvalue weighted by Gasteiger charge is -2.31. The number of alkyl halides is 4. The lowest BCUT2D eigenvalue weighted by atomic mass is 9.90. The van der Waals surface area contributed by atoms with Crippen LogP contribution in [0.25, 0.3) is 0 Å². The zero-order valence-corrected chi connectivity index (χ0v) is 17.5. The number of hydrogen-bond donors (Lipinski definition) is 1. The van der Waals surface area contributed by atoms with Gasteiger partial charge in [0.05, 0.1) is 17.3 Å². The van der Waals surface area contributed by atoms with Gasteiger partial charge in [0.1, 0.15) is 0 Å². The maximum absolute atomic E-state index is 13.9. The number of unbranched alkanes of at least 4 members (excludes halogenated alkanes) is 1. The second-order valence-corrected chi connectivity index (χ2v) is 7.52. The second kappa shape index (κ2) is 9.81. The van der Waals surface area contributed by atoms with Gasteiger partial charge in [0, 0.05) is 37.0 Å². The number of halogens is 4. The first-order valence-electron chi connectivity index (χ1n) is 9.04. The fraction of sp³-hybridized carbons (Fsp3) is 0.421. The van der Waals surface area contributed by atoms with Crippen LogP contribution in [0.1, 0.15) is 18.4 Å². The van der Waals surface area contributed by atoms with Crippen LogP contribution < -0.4 is 5.01 Å². The van der Waals surface area contributed by atoms with E-state index in [1.165, 1.54) is 29.8 Å². The molecule has 10 heteroatoms. The number of nitrogens with zero attached hydrogens (tertiary/aromatic N) is 4. The third-order valence-corrected chi connectivity index (χ3v) is 5.24. The van der Waals surface area contributed by atoms with E-state index in [0.29, 0.717) is 17.7 Å². The number of pyridine rings is 2. The quantitative estimate of drug-likeness (QED) is 0.326. The third-order valence-electron chi connectivity index (χ3n) is 4.48. The smallest absolute Gasteiger partial charge is 0.371 e. The SMILES string of the molecule is OC1C(C(OCCCCI)C(F)(F)F)C(c2ccncc2)=NN1c1ccncc1. The van der Waals surface area contributed by atoms with Crippen molar-refractivity contribution in [2.24, 2.45) is 11.0 Å². The average Bonchev–Trinajstić information content (AvgIpc) is 3.05. The number of hydrazone groups is 1. The van der Waals surface area contributed by atoms with E-state index in [2.05, 4.69) is 37.7 Å². The summed E-state index contributed by atoms with van der Waals surface area (Å²) in [5.74, 6) is -1.41. The molecule has 0 bridgehead atoms. The molecule has 0 aromatic carbocycles. The lowest BCUT2D eigenvalue weighted by molar-refractivity contribution is -0.235. The highest BCUT2D eigenvalue weighted by atomic mass is 127. The van der Waals surface area contributed by atoms with E-state index in [4.69, 9.17) is 4.74 Å². The molecule has 0 saturated carbocycles. The Labute approximate surface area is 179 Å². The Morgan fingerprint density at radius 2 is 1.69 bits per heavy atom. The standard InChI is InChI=1S/C19H20F3IN4O2/c20-19(21,22)17(29-12-2-1-7-23)15-16(13-3-8-24-9-4-13)26-27(18(15)28)14-5-10-25-11-6-14/h3-6,8-11,15,17-18,28H,1-2,7,12H2. The highest BCUT2D eigenvalue weighted by Gasteiger charge is 2.54. The van der Waals surface area contributed by atoms with E-state index in [9.17, 15) is 18.3 Å². The number of ether oxygens (including phenoxy) is 1. The van der Waals surface area contributed by atoms with E-state index < -0.39 is 24.4 Å². The van der Waals surface area contributed by atoms with Gasteiger partial charge in [-0.3, -0.25) is 9.97 Å². The number of aliphatic hydroxyl groups is 1. The van der Waals surface area contributed by atoms with Gasteiger partial charge in [-0.15, -0.1) is 0 Å². The molecule has 1 N–H and O–H groups in total. The van der Waals surface area contributed by atoms with Gasteiger partial charge in [-0.25, -0.2) is 5.01 Å². The van der Waals surface area contributed by atoms with Crippen LogP contribution in [0, 0.1) is 5.92 Å². The zero-order chi connectivity index (χ0) is 20.9. The first-order valence-corrected chi connectivity index (χ1v) is 10.6. The molecule has 3 unspecified atom stereocenters. The molecule has 3 rings (SSSR count). The number of aliphatic hydroxyl groups excluding tert-OH is 1. The Balaban J connectivity index is 1.97. The molecule has 0 spiro atoms. The molecule has 3 heterocycles. The highest BCUT2D eigenvalue weighted by molar-refractivity contribution is 14.1. The monoisotopic (exact) mass is 520 g/mol. The predicted molar refractivity (Wildman–Crippen MR) is 111 cm³/mol. The fourth-order valence-corrected chi connectivity index (χ4v) is 3.66. The molecule has 0 radical (unpaired) electrons. The van der Waals surface area contributed by atoms with Crippen LogP contribution in [0.4, 0.5) is 18.9 Å². The van der Waals surface area contributed by atoms with Crippen molar-refractivity contribution in [1.82, 2.24) is 9.97 Å². The summed E-state index contributed by atoms with van der Waals surface area (Å²) in [5, 5.41) is 16.4. The molecule has 3 atom stereocenters. The first-order chi connectivity index (χ1) is 13.9. The molecule has 0 amide bonds. The largest absolute Gasteiger partial charge is 0.415 e. The highest BCUT2D eigenvalue weighted by Crippen LogP contribution is 2.38. The van der Waals surface area contributed by atoms with Crippen molar-refractivity contribution in [2.75, 3.05) is 16.0 Å². The van der Waals surface area contributed by atoms with Gasteiger partial charge < -0.3 is 9.84 Å². The Morgan fingerprint density at radius 1 is 1.07 bits per heavy atom. The number of anilines is 1. The molecular weight excluding hydrogens is 500 g/mol. The molecule has 29 heavy (non-hydrogen) atoms. The number of aromatic nitrogens is 2. The fourth-order valence-electron chi connectivity index (χ4n) is 3.12. The van der Waals surface area contributed by atoms with E-state index in [1.54, 1.807) is 24.3 Å². The average molecular weight is 520 g/mol. The summed E-state index contributed by atoms with van der Waals surface area (Å²) in [6, 6.07) is 6.28. The Morgan fingerprint density at radius 3 is 2.28 bits per heavy atom. The molecule has 156 valence electrons. The minimum atomic E-state index is -4.67. The Bertz CT molecular complexity index is 808. The summed E-state index contributed by atoms with van der Waals surface area (Å²) in [6.07, 6.45) is -1.22. The summed E-state index contributed by atoms with van der Waals surface area (Å²) in [7, 11) is 0. The Kier molecular flexibility index (Phi) is 7.41. The molecule has 1 aliphatic heterocycles. The maximum atomic E-state index is 13.9. The molecule has 2 aromatic rings. The molecule has 2 aromatic heterocycles. The van der Waals surface area contributed by atoms with Crippen molar-refractivity contribution in [1.29, 1.82) is 0 Å². The van der Waals surface area contributed by atoms with Crippen LogP contribution in [-0.2, 0) is 4.74 Å². The second-order valence-electron chi connectivity index (χ2n) is 6.44. The minimum absolute atomic E-state index is 0.0463. The first kappa shape index (κ1) is 21.9. The summed E-state index contributed by atoms with van der Waals surface area (Å²) in [4.78, 5) is 7.81. The molecule has 1 aliphatic rings. The lowest BCUT2D eigenvalue weighted by Crippen LogP contribution is -2.48. The van der Waals surface area contributed by atoms with Gasteiger partial charge in [0.25, 0.3) is 0 Å². The van der Waals surface area contributed by atoms with Gasteiger partial charge in [-0.2, -0.15) is 18.3 Å². The maximum Gasteiger partial charge on any atom is 0.415 e. The van der Waals surface area contributed by atoms with Gasteiger partial charge in [0.2, 0.25) is 0 Å². The van der Waals surface area contributed by atoms with E-state index in [0.717, 1.165) is 10.8 Å². The van der Waals surface area contributed by atoms with E-state index >= 15 is 0 Å². The summed E-state index contributed by atoms with van der Waals surface area (Å²) < 4.78 is 47.9. The molecular formula is C19H20F3IN4O2. The summed E-state index contributed by atoms with van der Waals surface area (Å²) in [6.45, 7) is -0.0463. The van der Waals surface area contributed by atoms with Crippen LogP contribution in [0.5, 0.6) is 0 Å². The van der Waals surface area contributed by atoms with Gasteiger partial charge >= 0.3 is 6.18 Å². The normalized spacial score (nSPS) is 20.6. The zero-order valence-electron chi connectivity index (χ0n) is 15.3. The van der Waals surface area contributed by atoms with Gasteiger partial charge in [0.15, 0.2) is 12.3 Å². The molecule has 0 aliphatic carbocycles. The van der Waals surface area contributed by atoms with Crippen molar-refractivity contribution in [3.05, 3.63) is 54.6 Å². The third kappa shape index (κ3) is 5.23. The van der Waals surface area contributed by atoms with Crippen molar-refractivity contribution >= 4 is 34.0 Å². The van der Waals surface area contributed by atoms with Gasteiger partial charge in [-0.05, 0) is 41.5 Å². The Hall–Kier alpha value is -1.79. The number of rotatable bonds is 8. The van der Waals surface area contributed by atoms with Crippen LogP contribution in [0.15, 0.2) is 54.2 Å². The van der Waals surface area contributed by atoms with E-state index in [-0.39, 0.29) is 12.3 Å². The topological polar surface area (TPSA) is 70.8 Å². The predicted octanol–water partition coefficient (Wildman–Crippen LogP) is 3.80. The van der Waals surface area contributed by atoms with Crippen LogP contribution >= 0.6 is 22.6 Å². The molecule has 0 saturated heterocycles. The summed E-state index contributed by atoms with van der Waals surface area (Å²) in [5.41, 5.74) is 0.992. The van der Waals surface area contributed by atoms with Crippen molar-refractivity contribution in [3.8, 4) is 0 Å². The van der Waals surface area contributed by atoms with E-state index in [1.807, 2.05) is 0 Å². The number of hydrogen-bond acceptors (Lipinski definition) is 6. The molecule has 0 fully saturated rings. The minimum Gasteiger partial charge on any atom is -0.371 e. The summed E-state index contributed by atoms with van der Waals surface area (Å²) >= 11 is 2.17. The van der Waals surface area contributed by atoms with Gasteiger partial charge in [-0.1, -0.05) is 22.6 Å². The van der Waals surface area contributed by atoms with Crippen molar-refractivity contribution < 1.29 is 23.0 Å². The molecule has 6 nitrogen and oxygen atoms in total. The van der Waals surface area contributed by atoms with Crippen LogP contribution in [0.2, 0.25) is 0 Å². The van der Waals surface area contributed by atoms with Crippen LogP contribution in [0.3, 0.4) is 0 Å². The van der Waals surface area contributed by atoms with Crippen molar-refractivity contribution in [3.63, 3.8) is 0 Å².